The van der Waals surface area contributed by atoms with E-state index in [0.29, 0.717) is 52.9 Å². The van der Waals surface area contributed by atoms with Crippen LogP contribution in [-0.4, -0.2) is 118 Å². The average Bonchev–Trinajstić information content (AvgIpc) is 3.83. The first-order chi connectivity index (χ1) is 29.0. The summed E-state index contributed by atoms with van der Waals surface area (Å²) in [5.41, 5.74) is 4.81. The Morgan fingerprint density at radius 1 is 0.806 bits per heavy atom. The molecule has 1 N–H and O–H groups in total. The minimum absolute atomic E-state index is 0. The van der Waals surface area contributed by atoms with E-state index in [9.17, 15) is 9.59 Å². The maximum Gasteiger partial charge on any atom is 1.00 e. The van der Waals surface area contributed by atoms with Crippen molar-refractivity contribution in [3.63, 3.8) is 0 Å². The second-order valence-electron chi connectivity index (χ2n) is 13.2. The third-order valence-electron chi connectivity index (χ3n) is 9.61. The molecule has 5 heterocycles. The number of H-pyrrole nitrogens is 1. The zero-order chi connectivity index (χ0) is 43.2. The van der Waals surface area contributed by atoms with E-state index in [1.165, 1.54) is 0 Å². The second-order valence-corrected chi connectivity index (χ2v) is 15.0. The van der Waals surface area contributed by atoms with E-state index in [1.807, 2.05) is 78.6 Å². The fraction of sp³-hybridized carbons (Fsp3) is 0.300. The predicted molar refractivity (Wildman–Crippen MR) is 234 cm³/mol. The maximum atomic E-state index is 12.7. The Hall–Kier alpha value is -1.76. The molecular formula is C40H42Cl5K2N9O6. The predicted octanol–water partition coefficient (Wildman–Crippen LogP) is 0.403. The molecule has 3 aromatic carbocycles. The molecule has 2 saturated heterocycles. The molecule has 0 atom stereocenters. The number of nitrogens with zero attached hydrogens (tertiary/aromatic N) is 8. The van der Waals surface area contributed by atoms with Crippen LogP contribution in [-0.2, 0) is 25.8 Å². The van der Waals surface area contributed by atoms with E-state index in [4.69, 9.17) is 72.8 Å². The Morgan fingerprint density at radius 2 is 1.37 bits per heavy atom. The van der Waals surface area contributed by atoms with Crippen molar-refractivity contribution in [1.82, 2.24) is 34.8 Å². The van der Waals surface area contributed by atoms with Crippen LogP contribution in [0.3, 0.4) is 0 Å². The van der Waals surface area contributed by atoms with Gasteiger partial charge in [-0.1, -0.05) is 58.5 Å². The van der Waals surface area contributed by atoms with E-state index < -0.39 is 0 Å². The number of piperazine rings is 2. The number of aromatic amines is 1. The van der Waals surface area contributed by atoms with Gasteiger partial charge < -0.3 is 35.9 Å². The van der Waals surface area contributed by atoms with Gasteiger partial charge in [-0.15, -0.1) is 11.6 Å². The number of fused-ring (bicyclic) bond motifs is 2. The van der Waals surface area contributed by atoms with Gasteiger partial charge in [0.25, 0.3) is 6.47 Å². The molecule has 8 rings (SSSR count). The smallest absolute Gasteiger partial charge is 1.00 e. The minimum atomic E-state index is -0.181. The third kappa shape index (κ3) is 15.1. The molecule has 0 saturated carbocycles. The summed E-state index contributed by atoms with van der Waals surface area (Å²) >= 11 is 29.6. The molecule has 15 nitrogen and oxygen atoms in total. The van der Waals surface area contributed by atoms with Crippen molar-refractivity contribution >= 4 is 110 Å². The number of hydrogen-bond acceptors (Lipinski definition) is 11. The molecule has 320 valence electrons. The standard InChI is InChI=1S/C20H20Cl2N4O.C13H16Cl2N2O2.C6H4ClN3.CH2O3.2K.H/c1-14-12-15(6-7-17(14)21)24-8-10-25(11-9-24)19(27)13-26-18-5-3-2-4-16(18)20(22)23-26;1-19-12-8-10(2-3-11(12)15)16-4-6-17(7-5-16)13(18)9-14;7-5-4-2-1-3-8-6(4)10-9-5;2-1-4-3;;;/h2-7,12H,8-11,13H2,1H3;2-3,8H,4-7,9H2,1H3;1-3H,(H,8,9,10);1,3H;;;/q;;;;2*+1;-1/p-1. The number of amides is 2. The number of rotatable bonds is 7. The molecule has 62 heavy (non-hydrogen) atoms. The summed E-state index contributed by atoms with van der Waals surface area (Å²) in [6, 6.07) is 23.1. The van der Waals surface area contributed by atoms with Crippen LogP contribution in [0.2, 0.25) is 20.4 Å². The van der Waals surface area contributed by atoms with Crippen LogP contribution in [0.15, 0.2) is 79.0 Å². The Balaban J connectivity index is 0.000000330. The van der Waals surface area contributed by atoms with Crippen molar-refractivity contribution in [2.45, 2.75) is 13.5 Å². The number of ether oxygens (including phenoxy) is 1. The summed E-state index contributed by atoms with van der Waals surface area (Å²) < 4.78 is 6.90. The number of carbonyl (C=O) groups is 3. The molecule has 2 aliphatic heterocycles. The molecule has 2 fully saturated rings. The molecule has 0 spiro atoms. The Kier molecular flexibility index (Phi) is 24.3. The van der Waals surface area contributed by atoms with Gasteiger partial charge in [0.15, 0.2) is 10.8 Å². The van der Waals surface area contributed by atoms with Crippen LogP contribution in [0.25, 0.3) is 21.9 Å². The largest absolute Gasteiger partial charge is 1.00 e. The van der Waals surface area contributed by atoms with Crippen molar-refractivity contribution < 1.29 is 133 Å². The summed E-state index contributed by atoms with van der Waals surface area (Å²) in [6.45, 7) is 7.95. The fourth-order valence-corrected chi connectivity index (χ4v) is 7.36. The van der Waals surface area contributed by atoms with Gasteiger partial charge in [0.05, 0.1) is 23.0 Å². The molecule has 22 heteroatoms. The first-order valence-corrected chi connectivity index (χ1v) is 20.5. The normalized spacial score (nSPS) is 13.2. The summed E-state index contributed by atoms with van der Waals surface area (Å²) in [5.74, 6) is 0.773. The fourth-order valence-electron chi connectivity index (χ4n) is 6.44. The molecule has 0 unspecified atom stereocenters. The number of nitrogens with one attached hydrogen (secondary N) is 1. The van der Waals surface area contributed by atoms with Gasteiger partial charge in [0.1, 0.15) is 23.3 Å². The van der Waals surface area contributed by atoms with Crippen LogP contribution >= 0.6 is 58.0 Å². The number of methoxy groups -OCH3 is 1. The summed E-state index contributed by atoms with van der Waals surface area (Å²) in [6.07, 6.45) is 1.68. The number of aryl methyl sites for hydroxylation is 1. The Labute approximate surface area is 470 Å². The van der Waals surface area contributed by atoms with Crippen LogP contribution in [0, 0.1) is 6.92 Å². The SMILES string of the molecule is COc1cc(N2CCN(C(=O)CCl)CC2)ccc1Cl.Cc1cc(N2CCN(C(=O)Cn3nc(Cl)c4ccccc43)CC2)ccc1Cl.Clc1[nH]nc2ncccc12.O=CO[O-].[H-].[K+].[K+]. The number of carbonyl (C=O) groups excluding carboxylic acids is 3. The first-order valence-electron chi connectivity index (χ1n) is 18.5. The van der Waals surface area contributed by atoms with E-state index in [-0.39, 0.29) is 135 Å². The number of hydrogen-bond donors (Lipinski definition) is 1. The van der Waals surface area contributed by atoms with E-state index >= 15 is 0 Å². The Bertz CT molecular complexity index is 2390. The summed E-state index contributed by atoms with van der Waals surface area (Å²) in [7, 11) is 1.60. The topological polar surface area (TPSA) is 165 Å². The van der Waals surface area contributed by atoms with Gasteiger partial charge in [-0.2, -0.15) is 10.2 Å². The number of pyridine rings is 1. The maximum absolute atomic E-state index is 12.7. The first kappa shape index (κ1) is 54.6. The summed E-state index contributed by atoms with van der Waals surface area (Å²) in [4.78, 5) is 47.6. The van der Waals surface area contributed by atoms with Crippen LogP contribution < -0.4 is 123 Å². The number of benzene rings is 3. The molecule has 0 bridgehead atoms. The van der Waals surface area contributed by atoms with Crippen molar-refractivity contribution in [1.29, 1.82) is 0 Å². The van der Waals surface area contributed by atoms with Crippen molar-refractivity contribution in [3.05, 3.63) is 105 Å². The van der Waals surface area contributed by atoms with Gasteiger partial charge in [-0.05, 0) is 67.1 Å². The second kappa shape index (κ2) is 27.7. The molecule has 6 aromatic rings. The zero-order valence-electron chi connectivity index (χ0n) is 35.6. The molecule has 2 aliphatic rings. The number of halogens is 5. The molecule has 0 aliphatic carbocycles. The third-order valence-corrected chi connectivity index (χ3v) is 11.1. The number of alkyl halides is 1. The molecule has 0 radical (unpaired) electrons. The van der Waals surface area contributed by atoms with Crippen LogP contribution in [0.5, 0.6) is 5.75 Å². The van der Waals surface area contributed by atoms with E-state index in [1.54, 1.807) is 22.9 Å². The van der Waals surface area contributed by atoms with Gasteiger partial charge in [-0.25, -0.2) is 4.98 Å². The van der Waals surface area contributed by atoms with E-state index in [0.717, 1.165) is 64.4 Å². The van der Waals surface area contributed by atoms with Crippen molar-refractivity contribution in [3.8, 4) is 5.75 Å². The van der Waals surface area contributed by atoms with Crippen LogP contribution in [0.1, 0.15) is 6.99 Å². The number of aromatic nitrogens is 5. The van der Waals surface area contributed by atoms with Gasteiger partial charge >= 0.3 is 103 Å². The Morgan fingerprint density at radius 3 is 1.94 bits per heavy atom. The number of anilines is 2. The number of para-hydroxylation sites is 1. The molecular weight excluding hydrogens is 958 g/mol. The molecule has 2 amide bonds. The van der Waals surface area contributed by atoms with Gasteiger partial charge in [0, 0.05) is 86.4 Å². The monoisotopic (exact) mass is 997 g/mol. The zero-order valence-corrected chi connectivity index (χ0v) is 44.6. The molecule has 3 aromatic heterocycles. The van der Waals surface area contributed by atoms with Gasteiger partial charge in [0.2, 0.25) is 11.8 Å². The van der Waals surface area contributed by atoms with Crippen molar-refractivity contribution in [2.24, 2.45) is 0 Å². The average molecular weight is 1000 g/mol. The van der Waals surface area contributed by atoms with E-state index in [2.05, 4.69) is 41.0 Å². The minimum Gasteiger partial charge on any atom is -1.00 e. The van der Waals surface area contributed by atoms with Gasteiger partial charge in [-0.3, -0.25) is 24.2 Å². The summed E-state index contributed by atoms with van der Waals surface area (Å²) in [5, 5.41) is 23.3. The quantitative estimate of drug-likeness (QED) is 0.0775. The van der Waals surface area contributed by atoms with Crippen molar-refractivity contribution in [2.75, 3.05) is 75.1 Å². The van der Waals surface area contributed by atoms with Crippen LogP contribution in [0.4, 0.5) is 11.4 Å².